The van der Waals surface area contributed by atoms with E-state index in [2.05, 4.69) is 5.32 Å². The molecule has 2 aliphatic heterocycles. The van der Waals surface area contributed by atoms with Gasteiger partial charge in [0.15, 0.2) is 0 Å². The zero-order valence-electron chi connectivity index (χ0n) is 9.68. The van der Waals surface area contributed by atoms with Gasteiger partial charge in [-0.25, -0.2) is 0 Å². The van der Waals surface area contributed by atoms with Gasteiger partial charge in [0.25, 0.3) is 0 Å². The lowest BCUT2D eigenvalue weighted by Gasteiger charge is -2.53. The fourth-order valence-electron chi connectivity index (χ4n) is 2.39. The average Bonchev–Trinajstić information content (AvgIpc) is 2.28. The van der Waals surface area contributed by atoms with Crippen LogP contribution in [0.2, 0.25) is 0 Å². The predicted molar refractivity (Wildman–Crippen MR) is 57.9 cm³/mol. The standard InChI is InChI=1S/C10H17N3O4/c1-6(14)7(8(11)15)13-4-10(9(13)16)5-17-3-2-12-10/h6-7,12,14H,2-5H2,1H3,(H2,11,15)/t6-,7+,10?/m1/s1. The Morgan fingerprint density at radius 1 is 1.71 bits per heavy atom. The van der Waals surface area contributed by atoms with Gasteiger partial charge in [0.1, 0.15) is 11.6 Å². The quantitative estimate of drug-likeness (QED) is 0.472. The van der Waals surface area contributed by atoms with Crippen molar-refractivity contribution in [3.05, 3.63) is 0 Å². The molecule has 0 aromatic carbocycles. The number of hydrogen-bond acceptors (Lipinski definition) is 5. The number of rotatable bonds is 3. The number of nitrogens with zero attached hydrogens (tertiary/aromatic N) is 1. The molecule has 0 aliphatic carbocycles. The maximum absolute atomic E-state index is 12.1. The second-order valence-corrected chi connectivity index (χ2v) is 4.58. The van der Waals surface area contributed by atoms with Crippen molar-refractivity contribution in [2.24, 2.45) is 5.73 Å². The van der Waals surface area contributed by atoms with E-state index in [0.717, 1.165) is 0 Å². The van der Waals surface area contributed by atoms with Crippen LogP contribution in [0.5, 0.6) is 0 Å². The van der Waals surface area contributed by atoms with Gasteiger partial charge in [0.2, 0.25) is 11.8 Å². The normalized spacial score (nSPS) is 32.1. The molecule has 2 heterocycles. The molecule has 2 amide bonds. The molecule has 7 nitrogen and oxygen atoms in total. The first-order valence-electron chi connectivity index (χ1n) is 5.59. The van der Waals surface area contributed by atoms with Gasteiger partial charge >= 0.3 is 0 Å². The summed E-state index contributed by atoms with van der Waals surface area (Å²) in [5, 5.41) is 12.6. The summed E-state index contributed by atoms with van der Waals surface area (Å²) in [6.45, 7) is 3.26. The molecule has 2 aliphatic rings. The molecular weight excluding hydrogens is 226 g/mol. The topological polar surface area (TPSA) is 105 Å². The number of aliphatic hydroxyl groups is 1. The number of morpholine rings is 1. The van der Waals surface area contributed by atoms with Gasteiger partial charge in [-0.3, -0.25) is 14.9 Å². The Kier molecular flexibility index (Phi) is 3.07. The van der Waals surface area contributed by atoms with E-state index in [1.165, 1.54) is 11.8 Å². The first-order chi connectivity index (χ1) is 7.98. The van der Waals surface area contributed by atoms with Crippen molar-refractivity contribution < 1.29 is 19.4 Å². The zero-order chi connectivity index (χ0) is 12.6. The highest BCUT2D eigenvalue weighted by atomic mass is 16.5. The number of ether oxygens (including phenoxy) is 1. The summed E-state index contributed by atoms with van der Waals surface area (Å²) in [5.41, 5.74) is 4.46. The van der Waals surface area contributed by atoms with Crippen LogP contribution >= 0.6 is 0 Å². The van der Waals surface area contributed by atoms with Crippen LogP contribution in [0.25, 0.3) is 0 Å². The molecule has 0 aromatic heterocycles. The third-order valence-electron chi connectivity index (χ3n) is 3.25. The number of hydrogen-bond donors (Lipinski definition) is 3. The zero-order valence-corrected chi connectivity index (χ0v) is 9.68. The molecule has 1 unspecified atom stereocenters. The molecule has 96 valence electrons. The smallest absolute Gasteiger partial charge is 0.247 e. The number of carbonyl (C=O) groups is 2. The number of aliphatic hydroxyl groups excluding tert-OH is 1. The van der Waals surface area contributed by atoms with Gasteiger partial charge < -0.3 is 20.5 Å². The van der Waals surface area contributed by atoms with Gasteiger partial charge in [-0.05, 0) is 6.92 Å². The number of nitrogens with one attached hydrogen (secondary N) is 1. The molecule has 0 aromatic rings. The number of likely N-dealkylation sites (tertiary alicyclic amines) is 1. The van der Waals surface area contributed by atoms with E-state index in [1.807, 2.05) is 0 Å². The van der Waals surface area contributed by atoms with Crippen LogP contribution in [0.3, 0.4) is 0 Å². The molecule has 2 saturated heterocycles. The first kappa shape index (κ1) is 12.3. The van der Waals surface area contributed by atoms with Gasteiger partial charge in [0, 0.05) is 6.54 Å². The van der Waals surface area contributed by atoms with Crippen LogP contribution in [-0.4, -0.2) is 65.8 Å². The summed E-state index contributed by atoms with van der Waals surface area (Å²) in [4.78, 5) is 24.6. The van der Waals surface area contributed by atoms with Crippen LogP contribution in [-0.2, 0) is 14.3 Å². The van der Waals surface area contributed by atoms with Crippen LogP contribution in [0.1, 0.15) is 6.92 Å². The first-order valence-corrected chi connectivity index (χ1v) is 5.59. The second kappa shape index (κ2) is 4.25. The van der Waals surface area contributed by atoms with Gasteiger partial charge in [-0.15, -0.1) is 0 Å². The lowest BCUT2D eigenvalue weighted by atomic mass is 9.85. The number of amides is 2. The molecule has 0 saturated carbocycles. The van der Waals surface area contributed by atoms with Crippen molar-refractivity contribution in [3.8, 4) is 0 Å². The van der Waals surface area contributed by atoms with Crippen molar-refractivity contribution in [1.29, 1.82) is 0 Å². The maximum atomic E-state index is 12.1. The van der Waals surface area contributed by atoms with Crippen molar-refractivity contribution in [1.82, 2.24) is 10.2 Å². The summed E-state index contributed by atoms with van der Waals surface area (Å²) in [6, 6.07) is -0.961. The van der Waals surface area contributed by atoms with Crippen molar-refractivity contribution in [2.45, 2.75) is 24.6 Å². The van der Waals surface area contributed by atoms with E-state index in [-0.39, 0.29) is 5.91 Å². The molecule has 2 fully saturated rings. The fraction of sp³-hybridized carbons (Fsp3) is 0.800. The van der Waals surface area contributed by atoms with Gasteiger partial charge in [-0.2, -0.15) is 0 Å². The minimum Gasteiger partial charge on any atom is -0.391 e. The van der Waals surface area contributed by atoms with Crippen LogP contribution < -0.4 is 11.1 Å². The predicted octanol–water partition coefficient (Wildman–Crippen LogP) is -2.58. The number of carbonyl (C=O) groups excluding carboxylic acids is 2. The SMILES string of the molecule is C[C@@H](O)[C@@H](C(N)=O)N1CC2(COCCN2)C1=O. The lowest BCUT2D eigenvalue weighted by Crippen LogP contribution is -2.80. The Labute approximate surface area is 98.9 Å². The number of primary amides is 1. The van der Waals surface area contributed by atoms with E-state index in [0.29, 0.717) is 26.3 Å². The summed E-state index contributed by atoms with van der Waals surface area (Å²) < 4.78 is 5.26. The molecule has 0 radical (unpaired) electrons. The molecule has 2 rings (SSSR count). The van der Waals surface area contributed by atoms with Gasteiger partial charge in [-0.1, -0.05) is 0 Å². The minimum atomic E-state index is -0.974. The molecule has 3 atom stereocenters. The van der Waals surface area contributed by atoms with Crippen molar-refractivity contribution in [2.75, 3.05) is 26.3 Å². The monoisotopic (exact) mass is 243 g/mol. The van der Waals surface area contributed by atoms with Crippen LogP contribution in [0.15, 0.2) is 0 Å². The van der Waals surface area contributed by atoms with Crippen molar-refractivity contribution >= 4 is 11.8 Å². The highest BCUT2D eigenvalue weighted by molar-refractivity contribution is 5.97. The third kappa shape index (κ3) is 1.90. The van der Waals surface area contributed by atoms with E-state index in [9.17, 15) is 14.7 Å². The Morgan fingerprint density at radius 3 is 2.82 bits per heavy atom. The Morgan fingerprint density at radius 2 is 2.41 bits per heavy atom. The summed E-state index contributed by atoms with van der Waals surface area (Å²) in [6.07, 6.45) is -0.974. The van der Waals surface area contributed by atoms with Gasteiger partial charge in [0.05, 0.1) is 25.9 Å². The van der Waals surface area contributed by atoms with E-state index in [1.54, 1.807) is 0 Å². The lowest BCUT2D eigenvalue weighted by molar-refractivity contribution is -0.172. The molecule has 7 heteroatoms. The van der Waals surface area contributed by atoms with E-state index >= 15 is 0 Å². The average molecular weight is 243 g/mol. The molecular formula is C10H17N3O4. The minimum absolute atomic E-state index is 0.234. The maximum Gasteiger partial charge on any atom is 0.247 e. The summed E-state index contributed by atoms with van der Waals surface area (Å²) >= 11 is 0. The van der Waals surface area contributed by atoms with Crippen LogP contribution in [0, 0.1) is 0 Å². The molecule has 4 N–H and O–H groups in total. The van der Waals surface area contributed by atoms with Crippen LogP contribution in [0.4, 0.5) is 0 Å². The fourth-order valence-corrected chi connectivity index (χ4v) is 2.39. The Hall–Kier alpha value is -1.18. The largest absolute Gasteiger partial charge is 0.391 e. The highest BCUT2D eigenvalue weighted by Crippen LogP contribution is 2.28. The van der Waals surface area contributed by atoms with E-state index in [4.69, 9.17) is 10.5 Å². The number of β-lactam (4-membered cyclic amide) rings is 1. The summed E-state index contributed by atoms with van der Waals surface area (Å²) in [5.74, 6) is -0.929. The van der Waals surface area contributed by atoms with Crippen molar-refractivity contribution in [3.63, 3.8) is 0 Å². The number of nitrogens with two attached hydrogens (primary N) is 1. The highest BCUT2D eigenvalue weighted by Gasteiger charge is 2.56. The Balaban J connectivity index is 2.07. The van der Waals surface area contributed by atoms with E-state index < -0.39 is 23.6 Å². The molecule has 17 heavy (non-hydrogen) atoms. The second-order valence-electron chi connectivity index (χ2n) is 4.58. The Bertz CT molecular complexity index is 338. The molecule has 1 spiro atoms. The summed E-state index contributed by atoms with van der Waals surface area (Å²) in [7, 11) is 0. The molecule has 0 bridgehead atoms. The third-order valence-corrected chi connectivity index (χ3v) is 3.25.